The number of carbonyl (C=O) groups excluding carboxylic acids is 2. The van der Waals surface area contributed by atoms with Crippen molar-refractivity contribution < 1.29 is 28.9 Å². The Bertz CT molecular complexity index is 1450. The number of fused-ring (bicyclic) bond motifs is 4. The van der Waals surface area contributed by atoms with E-state index < -0.39 is 12.1 Å². The number of aliphatic hydroxyl groups excluding tert-OH is 1. The highest BCUT2D eigenvalue weighted by atomic mass is 16.5. The summed E-state index contributed by atoms with van der Waals surface area (Å²) in [5.41, 5.74) is 3.64. The number of ketones is 1. The van der Waals surface area contributed by atoms with Gasteiger partial charge in [0.05, 0.1) is 25.4 Å². The number of hydrogen-bond donors (Lipinski definition) is 3. The van der Waals surface area contributed by atoms with Crippen LogP contribution in [-0.2, 0) is 16.8 Å². The third kappa shape index (κ3) is 8.39. The van der Waals surface area contributed by atoms with Crippen LogP contribution in [-0.4, -0.2) is 55.3 Å². The molecule has 4 bridgehead atoms. The molecule has 1 aliphatic heterocycles. The van der Waals surface area contributed by atoms with E-state index in [4.69, 9.17) is 14.2 Å². The maximum Gasteiger partial charge on any atom is 0.251 e. The predicted octanol–water partition coefficient (Wildman–Crippen LogP) is 5.31. The summed E-state index contributed by atoms with van der Waals surface area (Å²) in [5, 5.41) is 18.3. The molecule has 2 aliphatic rings. The van der Waals surface area contributed by atoms with Gasteiger partial charge in [-0.05, 0) is 85.9 Å². The molecule has 2 atom stereocenters. The SMILES string of the molecule is CC(=O)COc1cc2cc(c1)C(=O)NC([C@H](O)CNC1(c3cccc(C(C)C)c3)CC1)Cc1cccc(c1)OCCCCO2. The van der Waals surface area contributed by atoms with Crippen molar-refractivity contribution in [3.05, 3.63) is 89.0 Å². The van der Waals surface area contributed by atoms with Gasteiger partial charge in [-0.25, -0.2) is 0 Å². The van der Waals surface area contributed by atoms with E-state index in [1.807, 2.05) is 24.3 Å². The first-order valence-corrected chi connectivity index (χ1v) is 15.7. The third-order valence-electron chi connectivity index (χ3n) is 8.30. The maximum absolute atomic E-state index is 13.7. The fourth-order valence-corrected chi connectivity index (χ4v) is 5.52. The molecule has 44 heavy (non-hydrogen) atoms. The number of Topliss-reactive ketones (excluding diaryl/α,β-unsaturated/α-hetero) is 1. The first-order chi connectivity index (χ1) is 21.2. The summed E-state index contributed by atoms with van der Waals surface area (Å²) in [7, 11) is 0. The number of amides is 1. The van der Waals surface area contributed by atoms with Gasteiger partial charge in [0.15, 0.2) is 5.78 Å². The van der Waals surface area contributed by atoms with Crippen molar-refractivity contribution >= 4 is 11.7 Å². The van der Waals surface area contributed by atoms with E-state index in [1.165, 1.54) is 18.1 Å². The Labute approximate surface area is 260 Å². The molecular weight excluding hydrogens is 556 g/mol. The van der Waals surface area contributed by atoms with E-state index in [0.29, 0.717) is 49.2 Å². The Kier molecular flexibility index (Phi) is 10.2. The fraction of sp³-hybridized carbons (Fsp3) is 0.444. The van der Waals surface area contributed by atoms with Crippen LogP contribution in [0.2, 0.25) is 0 Å². The summed E-state index contributed by atoms with van der Waals surface area (Å²) in [6.07, 6.45) is 3.09. The smallest absolute Gasteiger partial charge is 0.251 e. The highest BCUT2D eigenvalue weighted by molar-refractivity contribution is 5.95. The normalized spacial score (nSPS) is 18.8. The summed E-state index contributed by atoms with van der Waals surface area (Å²) < 4.78 is 17.6. The molecule has 1 saturated carbocycles. The summed E-state index contributed by atoms with van der Waals surface area (Å²) in [6, 6.07) is 20.8. The Morgan fingerprint density at radius 2 is 1.77 bits per heavy atom. The molecule has 0 saturated heterocycles. The van der Waals surface area contributed by atoms with Crippen molar-refractivity contribution in [2.45, 2.75) is 76.5 Å². The minimum Gasteiger partial charge on any atom is -0.494 e. The first kappa shape index (κ1) is 31.5. The molecule has 3 aromatic rings. The van der Waals surface area contributed by atoms with Crippen molar-refractivity contribution in [1.29, 1.82) is 0 Å². The van der Waals surface area contributed by atoms with Crippen LogP contribution in [0.3, 0.4) is 0 Å². The lowest BCUT2D eigenvalue weighted by Crippen LogP contribution is -2.50. The number of ether oxygens (including phenoxy) is 3. The van der Waals surface area contributed by atoms with Crippen LogP contribution in [0.25, 0.3) is 0 Å². The van der Waals surface area contributed by atoms with Crippen LogP contribution in [0, 0.1) is 0 Å². The van der Waals surface area contributed by atoms with E-state index in [0.717, 1.165) is 37.0 Å². The van der Waals surface area contributed by atoms with Crippen LogP contribution < -0.4 is 24.8 Å². The summed E-state index contributed by atoms with van der Waals surface area (Å²) in [4.78, 5) is 25.2. The zero-order valence-electron chi connectivity index (χ0n) is 25.9. The first-order valence-electron chi connectivity index (χ1n) is 15.7. The topological polar surface area (TPSA) is 106 Å². The second kappa shape index (κ2) is 14.3. The zero-order chi connectivity index (χ0) is 31.1. The van der Waals surface area contributed by atoms with Gasteiger partial charge in [0, 0.05) is 23.7 Å². The van der Waals surface area contributed by atoms with Gasteiger partial charge in [0.25, 0.3) is 5.91 Å². The molecular formula is C36H44N2O6. The average molecular weight is 601 g/mol. The van der Waals surface area contributed by atoms with E-state index in [9.17, 15) is 14.7 Å². The predicted molar refractivity (Wildman–Crippen MR) is 170 cm³/mol. The lowest BCUT2D eigenvalue weighted by Gasteiger charge is -2.28. The van der Waals surface area contributed by atoms with E-state index in [2.05, 4.69) is 48.7 Å². The molecule has 1 heterocycles. The van der Waals surface area contributed by atoms with Crippen molar-refractivity contribution in [3.8, 4) is 17.2 Å². The second-order valence-corrected chi connectivity index (χ2v) is 12.3. The number of hydrogen-bond acceptors (Lipinski definition) is 7. The van der Waals surface area contributed by atoms with Crippen molar-refractivity contribution in [2.24, 2.45) is 0 Å². The molecule has 3 aromatic carbocycles. The summed E-state index contributed by atoms with van der Waals surface area (Å²) >= 11 is 0. The van der Waals surface area contributed by atoms with E-state index in [1.54, 1.807) is 18.2 Å². The second-order valence-electron chi connectivity index (χ2n) is 12.3. The van der Waals surface area contributed by atoms with Crippen LogP contribution >= 0.6 is 0 Å². The fourth-order valence-electron chi connectivity index (χ4n) is 5.52. The van der Waals surface area contributed by atoms with Gasteiger partial charge in [-0.2, -0.15) is 0 Å². The molecule has 3 N–H and O–H groups in total. The highest BCUT2D eigenvalue weighted by Crippen LogP contribution is 2.46. The number of carbonyl (C=O) groups is 2. The Balaban J connectivity index is 1.38. The standard InChI is InChI=1S/C36H44N2O6/c1-24(2)27-9-7-10-29(18-27)36(12-13-36)37-22-34(40)33-17-26-8-6-11-30(16-26)42-14-4-5-15-43-31-19-28(35(41)38-33)20-32(21-31)44-23-25(3)39/h6-11,16,18-21,24,33-34,37,40H,4-5,12-15,17,22-23H2,1-3H3,(H,38,41)/t33?,34-/m1/s1. The zero-order valence-corrected chi connectivity index (χ0v) is 25.9. The molecule has 8 nitrogen and oxygen atoms in total. The lowest BCUT2D eigenvalue weighted by atomic mass is 9.95. The van der Waals surface area contributed by atoms with Crippen LogP contribution in [0.1, 0.15) is 79.4 Å². The van der Waals surface area contributed by atoms with Crippen LogP contribution in [0.5, 0.6) is 17.2 Å². The molecule has 1 fully saturated rings. The van der Waals surface area contributed by atoms with E-state index >= 15 is 0 Å². The van der Waals surface area contributed by atoms with Crippen molar-refractivity contribution in [3.63, 3.8) is 0 Å². The summed E-state index contributed by atoms with van der Waals surface area (Å²) in [5.74, 6) is 1.55. The molecule has 1 amide bonds. The summed E-state index contributed by atoms with van der Waals surface area (Å²) in [6.45, 7) is 7.02. The van der Waals surface area contributed by atoms with Gasteiger partial charge in [-0.3, -0.25) is 9.59 Å². The number of nitrogens with one attached hydrogen (secondary N) is 2. The Hall–Kier alpha value is -3.88. The molecule has 0 aromatic heterocycles. The quantitative estimate of drug-likeness (QED) is 0.306. The minimum atomic E-state index is -0.874. The molecule has 1 unspecified atom stereocenters. The Morgan fingerprint density at radius 3 is 2.50 bits per heavy atom. The monoisotopic (exact) mass is 600 g/mol. The molecule has 1 aliphatic carbocycles. The van der Waals surface area contributed by atoms with Gasteiger partial charge < -0.3 is 30.0 Å². The molecule has 234 valence electrons. The number of rotatable bonds is 9. The van der Waals surface area contributed by atoms with Gasteiger partial charge in [-0.15, -0.1) is 0 Å². The van der Waals surface area contributed by atoms with Crippen LogP contribution in [0.15, 0.2) is 66.7 Å². The lowest BCUT2D eigenvalue weighted by molar-refractivity contribution is -0.118. The van der Waals surface area contributed by atoms with Gasteiger partial charge >= 0.3 is 0 Å². The average Bonchev–Trinajstić information content (AvgIpc) is 3.81. The molecule has 8 heteroatoms. The number of benzene rings is 3. The van der Waals surface area contributed by atoms with E-state index in [-0.39, 0.29) is 23.8 Å². The Morgan fingerprint density at radius 1 is 1.02 bits per heavy atom. The highest BCUT2D eigenvalue weighted by Gasteiger charge is 2.44. The minimum absolute atomic E-state index is 0.104. The van der Waals surface area contributed by atoms with Gasteiger partial charge in [0.1, 0.15) is 23.9 Å². The molecule has 0 radical (unpaired) electrons. The molecule has 5 rings (SSSR count). The van der Waals surface area contributed by atoms with Gasteiger partial charge in [-0.1, -0.05) is 50.2 Å². The van der Waals surface area contributed by atoms with Crippen molar-refractivity contribution in [1.82, 2.24) is 10.6 Å². The third-order valence-corrected chi connectivity index (χ3v) is 8.30. The van der Waals surface area contributed by atoms with Gasteiger partial charge in [0.2, 0.25) is 0 Å². The van der Waals surface area contributed by atoms with Crippen LogP contribution in [0.4, 0.5) is 0 Å². The maximum atomic E-state index is 13.7. The largest absolute Gasteiger partial charge is 0.494 e. The number of aliphatic hydroxyl groups is 1. The molecule has 0 spiro atoms. The van der Waals surface area contributed by atoms with Crippen molar-refractivity contribution in [2.75, 3.05) is 26.4 Å².